The summed E-state index contributed by atoms with van der Waals surface area (Å²) in [7, 11) is 4.63. The third-order valence-corrected chi connectivity index (χ3v) is 5.21. The van der Waals surface area contributed by atoms with E-state index < -0.39 is 5.95 Å². The summed E-state index contributed by atoms with van der Waals surface area (Å²) in [6.07, 6.45) is 1.75. The molecule has 0 atom stereocenters. The largest absolute Gasteiger partial charge is 0.539 e. The lowest BCUT2D eigenvalue weighted by Crippen LogP contribution is -2.42. The van der Waals surface area contributed by atoms with Crippen LogP contribution in [0.3, 0.4) is 0 Å². The quantitative estimate of drug-likeness (QED) is 0.508. The van der Waals surface area contributed by atoms with E-state index in [1.54, 1.807) is 54.5 Å². The Labute approximate surface area is 179 Å². The van der Waals surface area contributed by atoms with Gasteiger partial charge in [-0.3, -0.25) is 4.79 Å². The summed E-state index contributed by atoms with van der Waals surface area (Å²) in [5.41, 5.74) is 1.35. The summed E-state index contributed by atoms with van der Waals surface area (Å²) in [4.78, 5) is 15.0. The predicted molar refractivity (Wildman–Crippen MR) is 106 cm³/mol. The second kappa shape index (κ2) is 8.55. The number of hydrogen-bond donors (Lipinski definition) is 0. The Kier molecular flexibility index (Phi) is 5.66. The topological polar surface area (TPSA) is 101 Å². The van der Waals surface area contributed by atoms with Gasteiger partial charge in [0.2, 0.25) is 5.69 Å². The van der Waals surface area contributed by atoms with Crippen molar-refractivity contribution in [2.75, 3.05) is 21.3 Å². The second-order valence-corrected chi connectivity index (χ2v) is 7.15. The van der Waals surface area contributed by atoms with Crippen LogP contribution in [0.4, 0.5) is 0 Å². The molecule has 162 valence electrons. The minimum atomic E-state index is -0.582. The van der Waals surface area contributed by atoms with Gasteiger partial charge >= 0.3 is 0 Å². The number of amides is 1. The average molecular weight is 425 g/mol. The summed E-state index contributed by atoms with van der Waals surface area (Å²) >= 11 is 0. The highest BCUT2D eigenvalue weighted by Crippen LogP contribution is 2.33. The van der Waals surface area contributed by atoms with Gasteiger partial charge in [-0.2, -0.15) is 0 Å². The van der Waals surface area contributed by atoms with Gasteiger partial charge in [0.15, 0.2) is 17.4 Å². The number of carbonyl (C=O) groups excluding carboxylic acids is 1. The minimum absolute atomic E-state index is 0.0548. The molecule has 1 aromatic heterocycles. The molecule has 0 bridgehead atoms. The van der Waals surface area contributed by atoms with Crippen LogP contribution in [-0.2, 0) is 6.54 Å². The van der Waals surface area contributed by atoms with Crippen molar-refractivity contribution in [2.45, 2.75) is 25.4 Å². The Bertz CT molecular complexity index is 1080. The number of nitrogens with zero attached hydrogens (tertiary/aromatic N) is 3. The van der Waals surface area contributed by atoms with Crippen molar-refractivity contribution in [1.29, 1.82) is 0 Å². The molecule has 31 heavy (non-hydrogen) atoms. The van der Waals surface area contributed by atoms with E-state index in [1.165, 1.54) is 18.9 Å². The van der Waals surface area contributed by atoms with E-state index >= 15 is 0 Å². The molecule has 0 unspecified atom stereocenters. The highest BCUT2D eigenvalue weighted by molar-refractivity contribution is 5.95. The summed E-state index contributed by atoms with van der Waals surface area (Å²) in [6, 6.07) is 12.1. The molecule has 0 radical (unpaired) electrons. The van der Waals surface area contributed by atoms with Crippen LogP contribution < -0.4 is 24.0 Å². The Balaban J connectivity index is 1.64. The van der Waals surface area contributed by atoms with Crippen molar-refractivity contribution in [3.05, 3.63) is 53.7 Å². The normalized spacial score (nSPS) is 13.0. The number of benzene rings is 2. The van der Waals surface area contributed by atoms with Gasteiger partial charge < -0.3 is 28.7 Å². The lowest BCUT2D eigenvalue weighted by Gasteiger charge is -2.21. The van der Waals surface area contributed by atoms with Crippen LogP contribution in [-0.4, -0.2) is 43.4 Å². The summed E-state index contributed by atoms with van der Waals surface area (Å²) in [5.74, 6) is 0.897. The Morgan fingerprint density at radius 2 is 1.81 bits per heavy atom. The van der Waals surface area contributed by atoms with Crippen LogP contribution in [0.5, 0.6) is 23.2 Å². The predicted octanol–water partition coefficient (Wildman–Crippen LogP) is 1.86. The monoisotopic (exact) mass is 425 g/mol. The molecule has 4 rings (SSSR count). The van der Waals surface area contributed by atoms with Crippen molar-refractivity contribution in [1.82, 2.24) is 10.2 Å². The maximum absolute atomic E-state index is 13.3. The second-order valence-electron chi connectivity index (χ2n) is 7.15. The molecule has 9 heteroatoms. The molecule has 0 saturated heterocycles. The fraction of sp³-hybridized carbons (Fsp3) is 0.318. The third-order valence-electron chi connectivity index (χ3n) is 5.21. The molecule has 1 amide bonds. The zero-order valence-corrected chi connectivity index (χ0v) is 17.5. The molecule has 1 aliphatic rings. The highest BCUT2D eigenvalue weighted by Gasteiger charge is 2.36. The van der Waals surface area contributed by atoms with Gasteiger partial charge in [0.1, 0.15) is 12.3 Å². The molecule has 0 aliphatic heterocycles. The van der Waals surface area contributed by atoms with Crippen LogP contribution in [0, 0.1) is 0 Å². The summed E-state index contributed by atoms with van der Waals surface area (Å²) in [6.45, 7) is 0.0756. The van der Waals surface area contributed by atoms with Crippen molar-refractivity contribution in [3.63, 3.8) is 0 Å². The fourth-order valence-corrected chi connectivity index (χ4v) is 3.37. The number of methoxy groups -OCH3 is 3. The molecule has 1 fully saturated rings. The molecule has 0 spiro atoms. The lowest BCUT2D eigenvalue weighted by molar-refractivity contribution is -0.678. The molecule has 9 nitrogen and oxygen atoms in total. The van der Waals surface area contributed by atoms with Gasteiger partial charge in [0, 0.05) is 23.7 Å². The number of aromatic nitrogens is 2. The van der Waals surface area contributed by atoms with Crippen molar-refractivity contribution in [3.8, 4) is 28.9 Å². The van der Waals surface area contributed by atoms with Crippen LogP contribution in [0.15, 0.2) is 47.0 Å². The first-order valence-corrected chi connectivity index (χ1v) is 9.81. The van der Waals surface area contributed by atoms with E-state index in [-0.39, 0.29) is 24.2 Å². The first-order chi connectivity index (χ1) is 15.0. The molecular weight excluding hydrogens is 402 g/mol. The summed E-state index contributed by atoms with van der Waals surface area (Å²) in [5, 5.41) is 16.3. The number of rotatable bonds is 8. The van der Waals surface area contributed by atoms with Gasteiger partial charge in [0.25, 0.3) is 11.6 Å². The Morgan fingerprint density at radius 1 is 1.10 bits per heavy atom. The maximum Gasteiger partial charge on any atom is 0.259 e. The molecule has 2 aromatic carbocycles. The van der Waals surface area contributed by atoms with Gasteiger partial charge in [0.05, 0.1) is 26.6 Å². The van der Waals surface area contributed by atoms with Crippen molar-refractivity contribution >= 4 is 5.91 Å². The lowest BCUT2D eigenvalue weighted by atomic mass is 10.1. The molecule has 3 aromatic rings. The first-order valence-electron chi connectivity index (χ1n) is 9.81. The number of carbonyl (C=O) groups is 1. The van der Waals surface area contributed by atoms with Gasteiger partial charge in [-0.05, 0) is 47.9 Å². The number of hydrogen-bond acceptors (Lipinski definition) is 7. The van der Waals surface area contributed by atoms with E-state index in [4.69, 9.17) is 18.7 Å². The zero-order chi connectivity index (χ0) is 22.0. The fourth-order valence-electron chi connectivity index (χ4n) is 3.37. The molecular formula is C22H23N3O6. The minimum Gasteiger partial charge on any atom is -0.539 e. The smallest absolute Gasteiger partial charge is 0.259 e. The van der Waals surface area contributed by atoms with E-state index in [9.17, 15) is 9.90 Å². The van der Waals surface area contributed by atoms with Gasteiger partial charge in [-0.15, -0.1) is 0 Å². The van der Waals surface area contributed by atoms with E-state index in [1.807, 2.05) is 0 Å². The van der Waals surface area contributed by atoms with E-state index in [0.29, 0.717) is 28.5 Å². The standard InChI is InChI=1S/C22H23N3O6/c1-28-17-9-7-16(8-10-17)25-18(22(27)31-23-25)13-24(15-5-6-15)21(26)14-4-11-19(29-2)20(12-14)30-3/h4,7-12,15H,5-6,13H2,1-3H3. The Hall–Kier alpha value is -3.75. The third kappa shape index (κ3) is 4.11. The molecule has 1 saturated carbocycles. The van der Waals surface area contributed by atoms with E-state index in [0.717, 1.165) is 12.8 Å². The van der Waals surface area contributed by atoms with Crippen LogP contribution in [0.25, 0.3) is 5.69 Å². The first kappa shape index (κ1) is 20.5. The van der Waals surface area contributed by atoms with Crippen LogP contribution in [0.1, 0.15) is 28.9 Å². The molecule has 0 N–H and O–H groups in total. The molecule has 1 heterocycles. The Morgan fingerprint density at radius 3 is 2.42 bits per heavy atom. The molecule has 1 aliphatic carbocycles. The van der Waals surface area contributed by atoms with Crippen molar-refractivity contribution < 1.29 is 33.3 Å². The summed E-state index contributed by atoms with van der Waals surface area (Å²) < 4.78 is 22.1. The SMILES string of the molecule is COc1ccc(-[n+]2noc([O-])c2CN(C(=O)c2ccc(OC)c(OC)c2)C2CC2)cc1. The van der Waals surface area contributed by atoms with Crippen LogP contribution in [0.2, 0.25) is 0 Å². The van der Waals surface area contributed by atoms with E-state index in [2.05, 4.69) is 5.27 Å². The van der Waals surface area contributed by atoms with Crippen LogP contribution >= 0.6 is 0 Å². The van der Waals surface area contributed by atoms with Crippen molar-refractivity contribution in [2.24, 2.45) is 0 Å². The average Bonchev–Trinajstić information content (AvgIpc) is 3.59. The highest BCUT2D eigenvalue weighted by atomic mass is 16.6. The van der Waals surface area contributed by atoms with Gasteiger partial charge in [-0.1, -0.05) is 0 Å². The maximum atomic E-state index is 13.3. The number of ether oxygens (including phenoxy) is 3. The van der Waals surface area contributed by atoms with Gasteiger partial charge in [-0.25, -0.2) is 0 Å². The zero-order valence-electron chi connectivity index (χ0n) is 17.5.